The molecule has 31 heavy (non-hydrogen) atoms. The van der Waals surface area contributed by atoms with Crippen LogP contribution in [0.4, 0.5) is 0 Å². The Morgan fingerprint density at radius 2 is 1.74 bits per heavy atom. The molecule has 1 aromatic heterocycles. The molecular weight excluding hydrogens is 434 g/mol. The Balaban J connectivity index is 1.29. The molecular formula is C22H26ClN5O2S. The Morgan fingerprint density at radius 1 is 1.03 bits per heavy atom. The predicted octanol–water partition coefficient (Wildman–Crippen LogP) is 3.24. The highest BCUT2D eigenvalue weighted by atomic mass is 35.5. The van der Waals surface area contributed by atoms with E-state index in [-0.39, 0.29) is 0 Å². The molecule has 2 heterocycles. The van der Waals surface area contributed by atoms with Crippen LogP contribution >= 0.6 is 11.6 Å². The van der Waals surface area contributed by atoms with E-state index in [1.54, 1.807) is 4.31 Å². The van der Waals surface area contributed by atoms with Gasteiger partial charge in [-0.2, -0.15) is 4.31 Å². The van der Waals surface area contributed by atoms with Crippen LogP contribution in [0, 0.1) is 5.92 Å². The van der Waals surface area contributed by atoms with Crippen molar-refractivity contribution >= 4 is 32.7 Å². The molecule has 0 radical (unpaired) electrons. The molecule has 2 aromatic carbocycles. The molecule has 2 fully saturated rings. The maximum atomic E-state index is 11.7. The van der Waals surface area contributed by atoms with Gasteiger partial charge >= 0.3 is 0 Å². The zero-order chi connectivity index (χ0) is 21.6. The van der Waals surface area contributed by atoms with Crippen molar-refractivity contribution in [2.24, 2.45) is 5.92 Å². The second-order valence-electron chi connectivity index (χ2n) is 8.64. The zero-order valence-corrected chi connectivity index (χ0v) is 19.1. The summed E-state index contributed by atoms with van der Waals surface area (Å²) in [5, 5.41) is 9.28. The Hall–Kier alpha value is -2.00. The van der Waals surface area contributed by atoms with Crippen LogP contribution in [-0.2, 0) is 23.1 Å². The molecule has 2 aliphatic rings. The number of aromatic nitrogens is 3. The van der Waals surface area contributed by atoms with Gasteiger partial charge in [-0.05, 0) is 36.0 Å². The summed E-state index contributed by atoms with van der Waals surface area (Å²) in [6.45, 7) is 4.31. The fourth-order valence-corrected chi connectivity index (χ4v) is 5.31. The Morgan fingerprint density at radius 3 is 2.39 bits per heavy atom. The smallest absolute Gasteiger partial charge is 0.211 e. The normalized spacial score (nSPS) is 18.6. The molecule has 1 aliphatic heterocycles. The summed E-state index contributed by atoms with van der Waals surface area (Å²) in [6, 6.07) is 12.5. The fraction of sp³-hybridized carbons (Fsp3) is 0.455. The maximum Gasteiger partial charge on any atom is 0.211 e. The van der Waals surface area contributed by atoms with E-state index in [0.717, 1.165) is 54.3 Å². The summed E-state index contributed by atoms with van der Waals surface area (Å²) >= 11 is 6.71. The van der Waals surface area contributed by atoms with Gasteiger partial charge in [0.25, 0.3) is 0 Å². The molecule has 0 N–H and O–H groups in total. The van der Waals surface area contributed by atoms with E-state index in [1.807, 2.05) is 4.68 Å². The molecule has 1 aliphatic carbocycles. The largest absolute Gasteiger partial charge is 0.296 e. The lowest BCUT2D eigenvalue weighted by molar-refractivity contribution is 0.182. The van der Waals surface area contributed by atoms with Crippen molar-refractivity contribution in [3.63, 3.8) is 0 Å². The first-order valence-electron chi connectivity index (χ1n) is 10.7. The quantitative estimate of drug-likeness (QED) is 0.566. The highest BCUT2D eigenvalue weighted by Gasteiger charge is 2.24. The number of fused-ring (bicyclic) bond motifs is 1. The van der Waals surface area contributed by atoms with Crippen LogP contribution in [-0.4, -0.2) is 65.1 Å². The fourth-order valence-electron chi connectivity index (χ4n) is 4.17. The first-order valence-corrected chi connectivity index (χ1v) is 12.9. The van der Waals surface area contributed by atoms with E-state index in [4.69, 9.17) is 11.6 Å². The topological polar surface area (TPSA) is 71.3 Å². The standard InChI is InChI=1S/C22H26ClN5O2S/c1-31(29,30)27-12-10-26(11-13-27)14-16-4-6-18(7-5-16)19-8-9-20-22(21(19)23)24-25-28(20)15-17-2-3-17/h4-9,17H,2-3,10-15H2,1H3. The molecule has 3 aromatic rings. The highest BCUT2D eigenvalue weighted by Crippen LogP contribution is 2.35. The van der Waals surface area contributed by atoms with Gasteiger partial charge < -0.3 is 0 Å². The third-order valence-electron chi connectivity index (χ3n) is 6.23. The first kappa shape index (κ1) is 20.9. The number of halogens is 1. The summed E-state index contributed by atoms with van der Waals surface area (Å²) in [6.07, 6.45) is 3.82. The average Bonchev–Trinajstić information content (AvgIpc) is 3.47. The van der Waals surface area contributed by atoms with E-state index < -0.39 is 10.0 Å². The summed E-state index contributed by atoms with van der Waals surface area (Å²) in [4.78, 5) is 2.29. The summed E-state index contributed by atoms with van der Waals surface area (Å²) < 4.78 is 26.9. The van der Waals surface area contributed by atoms with Crippen molar-refractivity contribution in [2.45, 2.75) is 25.9 Å². The maximum absolute atomic E-state index is 11.7. The molecule has 7 nitrogen and oxygen atoms in total. The molecule has 1 saturated heterocycles. The van der Waals surface area contributed by atoms with Gasteiger partial charge in [-0.1, -0.05) is 47.1 Å². The molecule has 9 heteroatoms. The molecule has 5 rings (SSSR count). The predicted molar refractivity (Wildman–Crippen MR) is 122 cm³/mol. The summed E-state index contributed by atoms with van der Waals surface area (Å²) in [5.74, 6) is 0.727. The van der Waals surface area contributed by atoms with Crippen LogP contribution in [0.15, 0.2) is 36.4 Å². The number of piperazine rings is 1. The number of hydrogen-bond donors (Lipinski definition) is 0. The number of benzene rings is 2. The van der Waals surface area contributed by atoms with Crippen molar-refractivity contribution in [1.82, 2.24) is 24.2 Å². The van der Waals surface area contributed by atoms with Crippen LogP contribution < -0.4 is 0 Å². The molecule has 1 saturated carbocycles. The van der Waals surface area contributed by atoms with Crippen molar-refractivity contribution in [3.8, 4) is 11.1 Å². The van der Waals surface area contributed by atoms with E-state index in [0.29, 0.717) is 18.1 Å². The van der Waals surface area contributed by atoms with E-state index in [2.05, 4.69) is 51.6 Å². The Bertz CT molecular complexity index is 1200. The van der Waals surface area contributed by atoms with Gasteiger partial charge in [0, 0.05) is 44.8 Å². The minimum Gasteiger partial charge on any atom is -0.296 e. The van der Waals surface area contributed by atoms with Crippen molar-refractivity contribution in [2.75, 3.05) is 32.4 Å². The molecule has 0 atom stereocenters. The lowest BCUT2D eigenvalue weighted by Gasteiger charge is -2.33. The van der Waals surface area contributed by atoms with E-state index in [9.17, 15) is 8.42 Å². The van der Waals surface area contributed by atoms with Crippen LogP contribution in [0.5, 0.6) is 0 Å². The Kier molecular flexibility index (Phi) is 5.50. The van der Waals surface area contributed by atoms with Gasteiger partial charge in [-0.15, -0.1) is 5.10 Å². The van der Waals surface area contributed by atoms with Gasteiger partial charge in [0.1, 0.15) is 5.52 Å². The van der Waals surface area contributed by atoms with Gasteiger partial charge in [0.05, 0.1) is 16.8 Å². The second kappa shape index (κ2) is 8.16. The number of nitrogens with zero attached hydrogens (tertiary/aromatic N) is 5. The van der Waals surface area contributed by atoms with Gasteiger partial charge in [0.2, 0.25) is 10.0 Å². The highest BCUT2D eigenvalue weighted by molar-refractivity contribution is 7.88. The Labute approximate surface area is 187 Å². The SMILES string of the molecule is CS(=O)(=O)N1CCN(Cc2ccc(-c3ccc4c(nnn4CC4CC4)c3Cl)cc2)CC1. The monoisotopic (exact) mass is 459 g/mol. The third-order valence-corrected chi connectivity index (χ3v) is 7.91. The first-order chi connectivity index (χ1) is 14.9. The second-order valence-corrected chi connectivity index (χ2v) is 11.0. The van der Waals surface area contributed by atoms with Crippen molar-refractivity contribution < 1.29 is 8.42 Å². The summed E-state index contributed by atoms with van der Waals surface area (Å²) in [7, 11) is -3.10. The van der Waals surface area contributed by atoms with Crippen LogP contribution in [0.1, 0.15) is 18.4 Å². The number of rotatable bonds is 6. The van der Waals surface area contributed by atoms with Gasteiger partial charge in [-0.25, -0.2) is 13.1 Å². The number of hydrogen-bond acceptors (Lipinski definition) is 5. The molecule has 0 spiro atoms. The van der Waals surface area contributed by atoms with Crippen LogP contribution in [0.3, 0.4) is 0 Å². The van der Waals surface area contributed by atoms with E-state index in [1.165, 1.54) is 24.7 Å². The average molecular weight is 460 g/mol. The lowest BCUT2D eigenvalue weighted by Crippen LogP contribution is -2.47. The lowest BCUT2D eigenvalue weighted by atomic mass is 10.0. The van der Waals surface area contributed by atoms with Crippen molar-refractivity contribution in [1.29, 1.82) is 0 Å². The van der Waals surface area contributed by atoms with Gasteiger partial charge in [-0.3, -0.25) is 4.90 Å². The van der Waals surface area contributed by atoms with Crippen molar-refractivity contribution in [3.05, 3.63) is 47.0 Å². The number of sulfonamides is 1. The minimum atomic E-state index is -3.10. The van der Waals surface area contributed by atoms with E-state index >= 15 is 0 Å². The molecule has 164 valence electrons. The third kappa shape index (κ3) is 4.48. The molecule has 0 amide bonds. The van der Waals surface area contributed by atoms with Gasteiger partial charge in [0.15, 0.2) is 0 Å². The minimum absolute atomic E-state index is 0.550. The molecule has 0 bridgehead atoms. The zero-order valence-electron chi connectivity index (χ0n) is 17.5. The van der Waals surface area contributed by atoms with Crippen LogP contribution in [0.2, 0.25) is 5.02 Å². The summed E-state index contributed by atoms with van der Waals surface area (Å²) in [5.41, 5.74) is 4.96. The van der Waals surface area contributed by atoms with Crippen LogP contribution in [0.25, 0.3) is 22.2 Å². The molecule has 0 unspecified atom stereocenters.